The molecule has 4 rings (SSSR count). The lowest BCUT2D eigenvalue weighted by atomic mass is 10.1. The number of rotatable bonds is 6. The molecule has 0 bridgehead atoms. The molecule has 2 heterocycles. The third kappa shape index (κ3) is 4.79. The molecule has 0 radical (unpaired) electrons. The van der Waals surface area contributed by atoms with Crippen LogP contribution < -0.4 is 14.2 Å². The molecule has 3 aromatic rings. The van der Waals surface area contributed by atoms with Crippen LogP contribution >= 0.6 is 11.3 Å². The molecular formula is C22H24N2O4S. The number of aryl methyl sites for hydroxylation is 1. The van der Waals surface area contributed by atoms with Crippen LogP contribution in [-0.2, 0) is 4.79 Å². The van der Waals surface area contributed by atoms with Gasteiger partial charge in [-0.25, -0.2) is 4.98 Å². The Hall–Kier alpha value is -2.80. The summed E-state index contributed by atoms with van der Waals surface area (Å²) in [4.78, 5) is 18.8. The SMILES string of the molecule is COc1ccc2sc(OC3CCN(C(=O)COc4cccc(C)c4)CC3)nc2c1. The van der Waals surface area contributed by atoms with Crippen LogP contribution in [0.3, 0.4) is 0 Å². The van der Waals surface area contributed by atoms with Crippen molar-refractivity contribution in [2.24, 2.45) is 0 Å². The fourth-order valence-electron chi connectivity index (χ4n) is 3.37. The topological polar surface area (TPSA) is 60.9 Å². The number of likely N-dealkylation sites (tertiary alicyclic amines) is 1. The summed E-state index contributed by atoms with van der Waals surface area (Å²) >= 11 is 1.53. The van der Waals surface area contributed by atoms with Crippen LogP contribution in [0.5, 0.6) is 16.7 Å². The van der Waals surface area contributed by atoms with Gasteiger partial charge in [-0.1, -0.05) is 23.5 Å². The fraction of sp³-hybridized carbons (Fsp3) is 0.364. The molecule has 1 saturated heterocycles. The first kappa shape index (κ1) is 19.5. The maximum Gasteiger partial charge on any atom is 0.274 e. The third-order valence-electron chi connectivity index (χ3n) is 4.99. The Kier molecular flexibility index (Phi) is 5.85. The second-order valence-electron chi connectivity index (χ2n) is 7.12. The predicted octanol–water partition coefficient (Wildman–Crippen LogP) is 4.06. The maximum atomic E-state index is 12.4. The van der Waals surface area contributed by atoms with E-state index in [1.54, 1.807) is 7.11 Å². The number of aromatic nitrogens is 1. The Labute approximate surface area is 174 Å². The fourth-order valence-corrected chi connectivity index (χ4v) is 4.23. The van der Waals surface area contributed by atoms with Crippen molar-refractivity contribution in [2.45, 2.75) is 25.9 Å². The molecule has 0 atom stereocenters. The number of nitrogens with zero attached hydrogens (tertiary/aromatic N) is 2. The molecule has 0 N–H and O–H groups in total. The normalized spacial score (nSPS) is 14.8. The van der Waals surface area contributed by atoms with Gasteiger partial charge in [-0.3, -0.25) is 4.79 Å². The van der Waals surface area contributed by atoms with Gasteiger partial charge in [-0.05, 0) is 36.8 Å². The summed E-state index contributed by atoms with van der Waals surface area (Å²) in [7, 11) is 1.64. The van der Waals surface area contributed by atoms with Gasteiger partial charge in [0.2, 0.25) is 0 Å². The van der Waals surface area contributed by atoms with Gasteiger partial charge < -0.3 is 19.1 Å². The number of carbonyl (C=O) groups excluding carboxylic acids is 1. The molecule has 7 heteroatoms. The molecule has 2 aromatic carbocycles. The van der Waals surface area contributed by atoms with Crippen molar-refractivity contribution >= 4 is 27.5 Å². The highest BCUT2D eigenvalue weighted by Crippen LogP contribution is 2.32. The van der Waals surface area contributed by atoms with Crippen molar-refractivity contribution in [3.8, 4) is 16.7 Å². The van der Waals surface area contributed by atoms with E-state index in [4.69, 9.17) is 14.2 Å². The molecule has 29 heavy (non-hydrogen) atoms. The number of fused-ring (bicyclic) bond motifs is 1. The molecular weight excluding hydrogens is 388 g/mol. The van der Waals surface area contributed by atoms with Crippen LogP contribution in [0.2, 0.25) is 0 Å². The van der Waals surface area contributed by atoms with E-state index in [2.05, 4.69) is 4.98 Å². The highest BCUT2D eigenvalue weighted by Gasteiger charge is 2.25. The number of ether oxygens (including phenoxy) is 3. The first-order chi connectivity index (χ1) is 14.1. The highest BCUT2D eigenvalue weighted by molar-refractivity contribution is 7.20. The van der Waals surface area contributed by atoms with Crippen LogP contribution in [-0.4, -0.2) is 48.7 Å². The first-order valence-corrected chi connectivity index (χ1v) is 10.5. The van der Waals surface area contributed by atoms with Gasteiger partial charge >= 0.3 is 0 Å². The number of thiazole rings is 1. The first-order valence-electron chi connectivity index (χ1n) is 9.69. The zero-order valence-electron chi connectivity index (χ0n) is 16.6. The van der Waals surface area contributed by atoms with Crippen LogP contribution in [0.4, 0.5) is 0 Å². The monoisotopic (exact) mass is 412 g/mol. The second-order valence-corrected chi connectivity index (χ2v) is 8.11. The summed E-state index contributed by atoms with van der Waals surface area (Å²) in [5.41, 5.74) is 1.99. The third-order valence-corrected chi connectivity index (χ3v) is 5.92. The minimum atomic E-state index is 0.0111. The van der Waals surface area contributed by atoms with Gasteiger partial charge in [0.1, 0.15) is 17.6 Å². The predicted molar refractivity (Wildman–Crippen MR) is 113 cm³/mol. The summed E-state index contributed by atoms with van der Waals surface area (Å²) in [6.45, 7) is 3.40. The molecule has 0 aliphatic carbocycles. The number of amides is 1. The van der Waals surface area contributed by atoms with Crippen molar-refractivity contribution in [3.63, 3.8) is 0 Å². The van der Waals surface area contributed by atoms with Crippen LogP contribution in [0.1, 0.15) is 18.4 Å². The standard InChI is InChI=1S/C22H24N2O4S/c1-15-4-3-5-18(12-15)27-14-21(25)24-10-8-16(9-11-24)28-22-23-19-13-17(26-2)6-7-20(19)29-22/h3-7,12-13,16H,8-11,14H2,1-2H3. The summed E-state index contributed by atoms with van der Waals surface area (Å²) < 4.78 is 18.0. The van der Waals surface area contributed by atoms with Crippen LogP contribution in [0, 0.1) is 6.92 Å². The lowest BCUT2D eigenvalue weighted by Gasteiger charge is -2.31. The van der Waals surface area contributed by atoms with Crippen molar-refractivity contribution in [1.82, 2.24) is 9.88 Å². The van der Waals surface area contributed by atoms with Gasteiger partial charge in [-0.2, -0.15) is 0 Å². The van der Waals surface area contributed by atoms with Crippen molar-refractivity contribution in [3.05, 3.63) is 48.0 Å². The molecule has 1 aromatic heterocycles. The van der Waals surface area contributed by atoms with Gasteiger partial charge in [0, 0.05) is 32.0 Å². The Morgan fingerprint density at radius 2 is 2.00 bits per heavy atom. The molecule has 0 spiro atoms. The van der Waals surface area contributed by atoms with E-state index in [9.17, 15) is 4.79 Å². The quantitative estimate of drug-likeness (QED) is 0.611. The summed E-state index contributed by atoms with van der Waals surface area (Å²) in [5.74, 6) is 1.52. The molecule has 0 unspecified atom stereocenters. The maximum absolute atomic E-state index is 12.4. The Bertz CT molecular complexity index is 995. The van der Waals surface area contributed by atoms with E-state index in [-0.39, 0.29) is 18.6 Å². The number of benzene rings is 2. The van der Waals surface area contributed by atoms with E-state index < -0.39 is 0 Å². The van der Waals surface area contributed by atoms with E-state index >= 15 is 0 Å². The molecule has 1 aliphatic heterocycles. The van der Waals surface area contributed by atoms with Crippen molar-refractivity contribution in [2.75, 3.05) is 26.8 Å². The van der Waals surface area contributed by atoms with E-state index in [0.29, 0.717) is 18.3 Å². The van der Waals surface area contributed by atoms with Crippen LogP contribution in [0.25, 0.3) is 10.2 Å². The number of hydrogen-bond acceptors (Lipinski definition) is 6. The Morgan fingerprint density at radius 3 is 2.76 bits per heavy atom. The van der Waals surface area contributed by atoms with Gasteiger partial charge in [0.25, 0.3) is 11.1 Å². The smallest absolute Gasteiger partial charge is 0.274 e. The number of piperidine rings is 1. The van der Waals surface area contributed by atoms with Crippen molar-refractivity contribution in [1.29, 1.82) is 0 Å². The Morgan fingerprint density at radius 1 is 1.17 bits per heavy atom. The van der Waals surface area contributed by atoms with E-state index in [1.807, 2.05) is 54.3 Å². The van der Waals surface area contributed by atoms with Gasteiger partial charge in [0.15, 0.2) is 6.61 Å². The molecule has 1 aliphatic rings. The number of carbonyl (C=O) groups is 1. The Balaban J connectivity index is 1.27. The average molecular weight is 413 g/mol. The lowest BCUT2D eigenvalue weighted by molar-refractivity contribution is -0.135. The number of methoxy groups -OCH3 is 1. The molecule has 0 saturated carbocycles. The number of hydrogen-bond donors (Lipinski definition) is 0. The minimum absolute atomic E-state index is 0.0111. The summed E-state index contributed by atoms with van der Waals surface area (Å²) in [6.07, 6.45) is 1.64. The van der Waals surface area contributed by atoms with Gasteiger partial charge in [-0.15, -0.1) is 0 Å². The summed E-state index contributed by atoms with van der Waals surface area (Å²) in [5, 5.41) is 0.667. The van der Waals surface area contributed by atoms with Crippen LogP contribution in [0.15, 0.2) is 42.5 Å². The molecule has 6 nitrogen and oxygen atoms in total. The summed E-state index contributed by atoms with van der Waals surface area (Å²) in [6, 6.07) is 13.6. The minimum Gasteiger partial charge on any atom is -0.497 e. The van der Waals surface area contributed by atoms with Crippen molar-refractivity contribution < 1.29 is 19.0 Å². The molecule has 152 valence electrons. The van der Waals surface area contributed by atoms with E-state index in [1.165, 1.54) is 11.3 Å². The lowest BCUT2D eigenvalue weighted by Crippen LogP contribution is -2.43. The largest absolute Gasteiger partial charge is 0.497 e. The molecule has 1 fully saturated rings. The van der Waals surface area contributed by atoms with Gasteiger partial charge in [0.05, 0.1) is 17.3 Å². The second kappa shape index (κ2) is 8.69. The van der Waals surface area contributed by atoms with E-state index in [0.717, 1.165) is 40.1 Å². The molecule has 1 amide bonds. The zero-order valence-corrected chi connectivity index (χ0v) is 17.4. The zero-order chi connectivity index (χ0) is 20.2. The highest BCUT2D eigenvalue weighted by atomic mass is 32.1. The average Bonchev–Trinajstić information content (AvgIpc) is 3.14.